The van der Waals surface area contributed by atoms with E-state index in [1.165, 1.54) is 12.1 Å². The standard InChI is InChI=1S/C11H14BrFO2/c1-11(6-14,7-15)5-8-2-3-9(13)4-10(8)12/h2-4,14-15H,5-7H2,1H3. The Morgan fingerprint density at radius 3 is 2.40 bits per heavy atom. The molecular formula is C11H14BrFO2. The minimum Gasteiger partial charge on any atom is -0.396 e. The highest BCUT2D eigenvalue weighted by molar-refractivity contribution is 9.10. The molecular weight excluding hydrogens is 263 g/mol. The Labute approximate surface area is 96.9 Å². The highest BCUT2D eigenvalue weighted by Crippen LogP contribution is 2.26. The van der Waals surface area contributed by atoms with Crippen molar-refractivity contribution in [2.75, 3.05) is 13.2 Å². The summed E-state index contributed by atoms with van der Waals surface area (Å²) in [5.41, 5.74) is 0.308. The zero-order valence-electron chi connectivity index (χ0n) is 8.50. The molecule has 2 nitrogen and oxygen atoms in total. The zero-order valence-corrected chi connectivity index (χ0v) is 10.1. The van der Waals surface area contributed by atoms with Crippen molar-refractivity contribution in [3.05, 3.63) is 34.1 Å². The van der Waals surface area contributed by atoms with Gasteiger partial charge in [-0.1, -0.05) is 28.9 Å². The molecule has 1 aromatic rings. The minimum atomic E-state index is -0.569. The molecule has 4 heteroatoms. The summed E-state index contributed by atoms with van der Waals surface area (Å²) in [6, 6.07) is 4.41. The zero-order chi connectivity index (χ0) is 11.5. The second kappa shape index (κ2) is 5.05. The van der Waals surface area contributed by atoms with E-state index in [1.54, 1.807) is 13.0 Å². The summed E-state index contributed by atoms with van der Waals surface area (Å²) in [6.45, 7) is 1.57. The Bertz CT molecular complexity index is 337. The number of halogens is 2. The van der Waals surface area contributed by atoms with Crippen LogP contribution < -0.4 is 0 Å². The molecule has 0 aliphatic rings. The number of hydrogen-bond donors (Lipinski definition) is 2. The molecule has 1 rings (SSSR count). The normalized spacial score (nSPS) is 11.8. The van der Waals surface area contributed by atoms with Gasteiger partial charge in [0.05, 0.1) is 13.2 Å². The first-order valence-corrected chi connectivity index (χ1v) is 5.46. The SMILES string of the molecule is CC(CO)(CO)Cc1ccc(F)cc1Br. The maximum absolute atomic E-state index is 12.8. The maximum atomic E-state index is 12.8. The predicted molar refractivity (Wildman–Crippen MR) is 60.1 cm³/mol. The Balaban J connectivity index is 2.89. The summed E-state index contributed by atoms with van der Waals surface area (Å²) < 4.78 is 13.5. The lowest BCUT2D eigenvalue weighted by Crippen LogP contribution is -2.28. The summed E-state index contributed by atoms with van der Waals surface area (Å²) in [5.74, 6) is -0.305. The van der Waals surface area contributed by atoms with Gasteiger partial charge in [0.1, 0.15) is 5.82 Å². The van der Waals surface area contributed by atoms with Gasteiger partial charge in [0.2, 0.25) is 0 Å². The minimum absolute atomic E-state index is 0.104. The third kappa shape index (κ3) is 3.26. The van der Waals surface area contributed by atoms with Gasteiger partial charge in [0, 0.05) is 9.89 Å². The van der Waals surface area contributed by atoms with Crippen molar-refractivity contribution in [2.24, 2.45) is 5.41 Å². The molecule has 0 heterocycles. The fraction of sp³-hybridized carbons (Fsp3) is 0.455. The van der Waals surface area contributed by atoms with E-state index in [1.807, 2.05) is 0 Å². The van der Waals surface area contributed by atoms with Crippen molar-refractivity contribution in [2.45, 2.75) is 13.3 Å². The molecule has 0 amide bonds. The predicted octanol–water partition coefficient (Wildman–Crippen LogP) is 2.12. The van der Waals surface area contributed by atoms with Gasteiger partial charge in [-0.3, -0.25) is 0 Å². The fourth-order valence-electron chi connectivity index (χ4n) is 1.29. The third-order valence-electron chi connectivity index (χ3n) is 2.40. The number of rotatable bonds is 4. The van der Waals surface area contributed by atoms with Gasteiger partial charge >= 0.3 is 0 Å². The summed E-state index contributed by atoms with van der Waals surface area (Å²) in [6.07, 6.45) is 0.501. The number of aliphatic hydroxyl groups excluding tert-OH is 2. The van der Waals surface area contributed by atoms with Gasteiger partial charge in [-0.25, -0.2) is 4.39 Å². The molecule has 0 fully saturated rings. The fourth-order valence-corrected chi connectivity index (χ4v) is 1.78. The molecule has 0 spiro atoms. The van der Waals surface area contributed by atoms with Gasteiger partial charge in [0.15, 0.2) is 0 Å². The number of hydrogen-bond acceptors (Lipinski definition) is 2. The van der Waals surface area contributed by atoms with Crippen molar-refractivity contribution < 1.29 is 14.6 Å². The van der Waals surface area contributed by atoms with E-state index in [2.05, 4.69) is 15.9 Å². The Morgan fingerprint density at radius 1 is 1.33 bits per heavy atom. The summed E-state index contributed by atoms with van der Waals surface area (Å²) >= 11 is 3.25. The van der Waals surface area contributed by atoms with Crippen LogP contribution in [0.25, 0.3) is 0 Å². The molecule has 0 bridgehead atoms. The second-order valence-corrected chi connectivity index (χ2v) is 4.89. The molecule has 84 valence electrons. The summed E-state index contributed by atoms with van der Waals surface area (Å²) in [7, 11) is 0. The lowest BCUT2D eigenvalue weighted by Gasteiger charge is -2.25. The molecule has 0 unspecified atom stereocenters. The summed E-state index contributed by atoms with van der Waals surface area (Å²) in [4.78, 5) is 0. The van der Waals surface area contributed by atoms with E-state index < -0.39 is 5.41 Å². The van der Waals surface area contributed by atoms with Crippen LogP contribution in [0.3, 0.4) is 0 Å². The monoisotopic (exact) mass is 276 g/mol. The summed E-state index contributed by atoms with van der Waals surface area (Å²) in [5, 5.41) is 18.3. The number of benzene rings is 1. The van der Waals surface area contributed by atoms with Crippen molar-refractivity contribution >= 4 is 15.9 Å². The molecule has 1 aromatic carbocycles. The van der Waals surface area contributed by atoms with Gasteiger partial charge in [-0.2, -0.15) is 0 Å². The maximum Gasteiger partial charge on any atom is 0.124 e. The molecule has 0 aromatic heterocycles. The first-order valence-electron chi connectivity index (χ1n) is 4.66. The van der Waals surface area contributed by atoms with Crippen LogP contribution in [0.4, 0.5) is 4.39 Å². The van der Waals surface area contributed by atoms with Crippen LogP contribution in [-0.4, -0.2) is 23.4 Å². The second-order valence-electron chi connectivity index (χ2n) is 4.04. The van der Waals surface area contributed by atoms with E-state index >= 15 is 0 Å². The van der Waals surface area contributed by atoms with Crippen LogP contribution in [0.2, 0.25) is 0 Å². The molecule has 0 aliphatic carbocycles. The highest BCUT2D eigenvalue weighted by atomic mass is 79.9. The quantitative estimate of drug-likeness (QED) is 0.885. The molecule has 0 saturated heterocycles. The van der Waals surface area contributed by atoms with Crippen molar-refractivity contribution in [1.82, 2.24) is 0 Å². The van der Waals surface area contributed by atoms with Crippen LogP contribution >= 0.6 is 15.9 Å². The average Bonchev–Trinajstić information content (AvgIpc) is 2.22. The van der Waals surface area contributed by atoms with E-state index in [0.717, 1.165) is 5.56 Å². The van der Waals surface area contributed by atoms with E-state index in [9.17, 15) is 4.39 Å². The first kappa shape index (κ1) is 12.6. The Hall–Kier alpha value is -0.450. The Kier molecular flexibility index (Phi) is 4.25. The largest absolute Gasteiger partial charge is 0.396 e. The molecule has 0 aliphatic heterocycles. The highest BCUT2D eigenvalue weighted by Gasteiger charge is 2.23. The molecule has 0 radical (unpaired) electrons. The van der Waals surface area contributed by atoms with Crippen LogP contribution in [-0.2, 0) is 6.42 Å². The van der Waals surface area contributed by atoms with Crippen LogP contribution in [0.1, 0.15) is 12.5 Å². The lowest BCUT2D eigenvalue weighted by molar-refractivity contribution is 0.0702. The van der Waals surface area contributed by atoms with Crippen molar-refractivity contribution in [3.8, 4) is 0 Å². The van der Waals surface area contributed by atoms with E-state index in [4.69, 9.17) is 10.2 Å². The van der Waals surface area contributed by atoms with Crippen LogP contribution in [0.15, 0.2) is 22.7 Å². The number of aliphatic hydroxyl groups is 2. The van der Waals surface area contributed by atoms with Gasteiger partial charge < -0.3 is 10.2 Å². The lowest BCUT2D eigenvalue weighted by atomic mass is 9.85. The van der Waals surface area contributed by atoms with E-state index in [-0.39, 0.29) is 19.0 Å². The average molecular weight is 277 g/mol. The molecule has 0 saturated carbocycles. The van der Waals surface area contributed by atoms with Gasteiger partial charge in [0.25, 0.3) is 0 Å². The van der Waals surface area contributed by atoms with Crippen LogP contribution in [0.5, 0.6) is 0 Å². The van der Waals surface area contributed by atoms with Gasteiger partial charge in [-0.05, 0) is 24.1 Å². The van der Waals surface area contributed by atoms with Crippen molar-refractivity contribution in [1.29, 1.82) is 0 Å². The van der Waals surface area contributed by atoms with Crippen molar-refractivity contribution in [3.63, 3.8) is 0 Å². The smallest absolute Gasteiger partial charge is 0.124 e. The van der Waals surface area contributed by atoms with Gasteiger partial charge in [-0.15, -0.1) is 0 Å². The molecule has 2 N–H and O–H groups in total. The first-order chi connectivity index (χ1) is 7.00. The molecule has 15 heavy (non-hydrogen) atoms. The third-order valence-corrected chi connectivity index (χ3v) is 3.13. The topological polar surface area (TPSA) is 40.5 Å². The van der Waals surface area contributed by atoms with E-state index in [0.29, 0.717) is 10.9 Å². The van der Waals surface area contributed by atoms with Crippen LogP contribution in [0, 0.1) is 11.2 Å². The Morgan fingerprint density at radius 2 is 1.93 bits per heavy atom. The molecule has 0 atom stereocenters.